The van der Waals surface area contributed by atoms with Crippen molar-refractivity contribution >= 4 is 17.6 Å². The molecule has 0 fully saturated rings. The molecule has 5 heteroatoms. The largest absolute Gasteiger partial charge is 0.462 e. The van der Waals surface area contributed by atoms with Crippen LogP contribution in [0.4, 0.5) is 5.69 Å². The van der Waals surface area contributed by atoms with E-state index in [9.17, 15) is 9.59 Å². The van der Waals surface area contributed by atoms with Crippen molar-refractivity contribution in [3.05, 3.63) is 29.8 Å². The fourth-order valence-electron chi connectivity index (χ4n) is 1.24. The number of nitriles is 1. The van der Waals surface area contributed by atoms with Gasteiger partial charge in [0.05, 0.1) is 18.2 Å². The number of anilines is 1. The topological polar surface area (TPSA) is 79.2 Å². The molecule has 1 amide bonds. The van der Waals surface area contributed by atoms with Gasteiger partial charge in [-0.15, -0.1) is 0 Å². The van der Waals surface area contributed by atoms with Gasteiger partial charge in [-0.2, -0.15) is 5.26 Å². The van der Waals surface area contributed by atoms with E-state index in [1.54, 1.807) is 30.3 Å². The minimum Gasteiger partial charge on any atom is -0.462 e. The number of hydrogen-bond acceptors (Lipinski definition) is 4. The van der Waals surface area contributed by atoms with Crippen molar-refractivity contribution in [1.82, 2.24) is 0 Å². The van der Waals surface area contributed by atoms with Crippen molar-refractivity contribution in [3.63, 3.8) is 0 Å². The van der Waals surface area contributed by atoms with E-state index in [0.29, 0.717) is 17.9 Å². The van der Waals surface area contributed by atoms with Crippen LogP contribution in [0.1, 0.15) is 30.1 Å². The van der Waals surface area contributed by atoms with Crippen LogP contribution in [0.3, 0.4) is 0 Å². The van der Waals surface area contributed by atoms with Crippen LogP contribution < -0.4 is 5.32 Å². The Morgan fingerprint density at radius 2 is 2.00 bits per heavy atom. The third-order valence-electron chi connectivity index (χ3n) is 2.08. The minimum absolute atomic E-state index is 0.194. The van der Waals surface area contributed by atoms with Crippen molar-refractivity contribution < 1.29 is 14.3 Å². The lowest BCUT2D eigenvalue weighted by atomic mass is 10.2. The Hall–Kier alpha value is -2.35. The molecule has 0 bridgehead atoms. The molecule has 0 aromatic heterocycles. The van der Waals surface area contributed by atoms with Crippen LogP contribution in [-0.4, -0.2) is 18.5 Å². The molecule has 0 aliphatic rings. The summed E-state index contributed by atoms with van der Waals surface area (Å²) in [7, 11) is 0. The van der Waals surface area contributed by atoms with Gasteiger partial charge in [-0.05, 0) is 30.7 Å². The van der Waals surface area contributed by atoms with Gasteiger partial charge in [-0.3, -0.25) is 4.79 Å². The van der Waals surface area contributed by atoms with E-state index in [1.807, 2.05) is 6.92 Å². The van der Waals surface area contributed by atoms with E-state index in [0.717, 1.165) is 6.42 Å². The van der Waals surface area contributed by atoms with Gasteiger partial charge >= 0.3 is 5.97 Å². The van der Waals surface area contributed by atoms with Gasteiger partial charge < -0.3 is 10.1 Å². The Labute approximate surface area is 105 Å². The molecule has 1 aromatic rings. The van der Waals surface area contributed by atoms with Gasteiger partial charge in [-0.25, -0.2) is 4.79 Å². The quantitative estimate of drug-likeness (QED) is 0.807. The Kier molecular flexibility index (Phi) is 5.39. The molecule has 1 N–H and O–H groups in total. The van der Waals surface area contributed by atoms with E-state index in [1.165, 1.54) is 0 Å². The second kappa shape index (κ2) is 7.07. The summed E-state index contributed by atoms with van der Waals surface area (Å²) in [6, 6.07) is 8.08. The third-order valence-corrected chi connectivity index (χ3v) is 2.08. The number of esters is 1. The van der Waals surface area contributed by atoms with Gasteiger partial charge in [0, 0.05) is 5.69 Å². The average molecular weight is 246 g/mol. The SMILES string of the molecule is CCCOC(=O)c1ccc(NC(=O)CC#N)cc1. The first-order valence-electron chi connectivity index (χ1n) is 5.61. The molecule has 0 saturated heterocycles. The maximum absolute atomic E-state index is 11.5. The van der Waals surface area contributed by atoms with E-state index in [2.05, 4.69) is 5.32 Å². The number of hydrogen-bond donors (Lipinski definition) is 1. The molecule has 18 heavy (non-hydrogen) atoms. The number of carbonyl (C=O) groups is 2. The maximum Gasteiger partial charge on any atom is 0.338 e. The zero-order chi connectivity index (χ0) is 13.4. The number of ether oxygens (including phenoxy) is 1. The smallest absolute Gasteiger partial charge is 0.338 e. The van der Waals surface area contributed by atoms with Crippen molar-refractivity contribution in [2.45, 2.75) is 19.8 Å². The Morgan fingerprint density at radius 1 is 1.33 bits per heavy atom. The monoisotopic (exact) mass is 246 g/mol. The summed E-state index contributed by atoms with van der Waals surface area (Å²) in [6.45, 7) is 2.31. The number of carbonyl (C=O) groups excluding carboxylic acids is 2. The zero-order valence-corrected chi connectivity index (χ0v) is 10.1. The Morgan fingerprint density at radius 3 is 2.56 bits per heavy atom. The van der Waals surface area contributed by atoms with E-state index in [4.69, 9.17) is 10.00 Å². The molecule has 1 aromatic carbocycles. The molecule has 0 saturated carbocycles. The Bertz CT molecular complexity index is 460. The molecule has 0 unspecified atom stereocenters. The van der Waals surface area contributed by atoms with Crippen LogP contribution in [0.25, 0.3) is 0 Å². The summed E-state index contributed by atoms with van der Waals surface area (Å²) in [6.07, 6.45) is 0.578. The first kappa shape index (κ1) is 13.7. The van der Waals surface area contributed by atoms with Crippen LogP contribution in [0.15, 0.2) is 24.3 Å². The number of nitrogens with zero attached hydrogens (tertiary/aromatic N) is 1. The minimum atomic E-state index is -0.383. The summed E-state index contributed by atoms with van der Waals surface area (Å²) < 4.78 is 4.97. The fraction of sp³-hybridized carbons (Fsp3) is 0.308. The molecule has 0 aliphatic heterocycles. The molecule has 0 radical (unpaired) electrons. The van der Waals surface area contributed by atoms with Crippen molar-refractivity contribution in [2.75, 3.05) is 11.9 Å². The highest BCUT2D eigenvalue weighted by atomic mass is 16.5. The molecule has 0 aliphatic carbocycles. The fourth-order valence-corrected chi connectivity index (χ4v) is 1.24. The first-order chi connectivity index (χ1) is 8.67. The highest BCUT2D eigenvalue weighted by Crippen LogP contribution is 2.11. The lowest BCUT2D eigenvalue weighted by Gasteiger charge is -2.05. The first-order valence-corrected chi connectivity index (χ1v) is 5.61. The predicted octanol–water partition coefficient (Wildman–Crippen LogP) is 2.11. The van der Waals surface area contributed by atoms with Crippen molar-refractivity contribution in [1.29, 1.82) is 5.26 Å². The number of amides is 1. The standard InChI is InChI=1S/C13H14N2O3/c1-2-9-18-13(17)10-3-5-11(6-4-10)15-12(16)7-8-14/h3-6H,2,7,9H2,1H3,(H,15,16). The molecule has 0 heterocycles. The van der Waals surface area contributed by atoms with Crippen LogP contribution in [0, 0.1) is 11.3 Å². The van der Waals surface area contributed by atoms with Crippen molar-refractivity contribution in [3.8, 4) is 6.07 Å². The van der Waals surface area contributed by atoms with Crippen LogP contribution in [0.5, 0.6) is 0 Å². The van der Waals surface area contributed by atoms with Crippen molar-refractivity contribution in [2.24, 2.45) is 0 Å². The summed E-state index contributed by atoms with van der Waals surface area (Å²) in [5.74, 6) is -0.759. The molecule has 94 valence electrons. The van der Waals surface area contributed by atoms with E-state index in [-0.39, 0.29) is 18.3 Å². The summed E-state index contributed by atoms with van der Waals surface area (Å²) in [5, 5.41) is 10.9. The van der Waals surface area contributed by atoms with Crippen LogP contribution in [0.2, 0.25) is 0 Å². The third kappa shape index (κ3) is 4.26. The van der Waals surface area contributed by atoms with Gasteiger partial charge in [0.2, 0.25) is 5.91 Å². The maximum atomic E-state index is 11.5. The predicted molar refractivity (Wildman–Crippen MR) is 65.9 cm³/mol. The van der Waals surface area contributed by atoms with Gasteiger partial charge in [0.15, 0.2) is 0 Å². The number of benzene rings is 1. The molecular weight excluding hydrogens is 232 g/mol. The Balaban J connectivity index is 2.60. The summed E-state index contributed by atoms with van der Waals surface area (Å²) in [5.41, 5.74) is 0.976. The zero-order valence-electron chi connectivity index (χ0n) is 10.1. The molecule has 0 atom stereocenters. The highest BCUT2D eigenvalue weighted by Gasteiger charge is 2.07. The van der Waals surface area contributed by atoms with E-state index < -0.39 is 0 Å². The van der Waals surface area contributed by atoms with Crippen LogP contribution in [-0.2, 0) is 9.53 Å². The highest BCUT2D eigenvalue weighted by molar-refractivity contribution is 5.93. The normalized spacial score (nSPS) is 9.33. The second-order valence-electron chi connectivity index (χ2n) is 3.60. The molecule has 1 rings (SSSR count). The number of rotatable bonds is 5. The summed E-state index contributed by atoms with van der Waals surface area (Å²) >= 11 is 0. The van der Waals surface area contributed by atoms with Gasteiger partial charge in [-0.1, -0.05) is 6.92 Å². The van der Waals surface area contributed by atoms with Gasteiger partial charge in [0.25, 0.3) is 0 Å². The second-order valence-corrected chi connectivity index (χ2v) is 3.60. The number of nitrogens with one attached hydrogen (secondary N) is 1. The lowest BCUT2D eigenvalue weighted by molar-refractivity contribution is -0.115. The van der Waals surface area contributed by atoms with Gasteiger partial charge in [0.1, 0.15) is 6.42 Å². The van der Waals surface area contributed by atoms with Crippen LogP contribution >= 0.6 is 0 Å². The van der Waals surface area contributed by atoms with E-state index >= 15 is 0 Å². The average Bonchev–Trinajstić information content (AvgIpc) is 2.37. The molecule has 5 nitrogen and oxygen atoms in total. The molecular formula is C13H14N2O3. The molecule has 0 spiro atoms. The summed E-state index contributed by atoms with van der Waals surface area (Å²) in [4.78, 5) is 22.6. The lowest BCUT2D eigenvalue weighted by Crippen LogP contribution is -2.10.